The monoisotopic (exact) mass is 217 g/mol. The summed E-state index contributed by atoms with van der Waals surface area (Å²) >= 11 is 5.73. The Bertz CT molecular complexity index is 188. The van der Waals surface area contributed by atoms with Crippen LogP contribution in [0.1, 0.15) is 39.5 Å². The molecule has 0 heterocycles. The molecule has 1 rings (SSSR count). The molecule has 1 aliphatic carbocycles. The van der Waals surface area contributed by atoms with Gasteiger partial charge in [-0.05, 0) is 25.7 Å². The van der Waals surface area contributed by atoms with Crippen LogP contribution in [0.4, 0.5) is 0 Å². The Kier molecular flexibility index (Phi) is 4.73. The highest BCUT2D eigenvalue weighted by Gasteiger charge is 2.35. The highest BCUT2D eigenvalue weighted by atomic mass is 35.5. The zero-order valence-electron chi connectivity index (χ0n) is 9.13. The van der Waals surface area contributed by atoms with E-state index in [1.165, 1.54) is 0 Å². The minimum Gasteiger partial charge on any atom is -0.338 e. The summed E-state index contributed by atoms with van der Waals surface area (Å²) in [5.41, 5.74) is 0. The van der Waals surface area contributed by atoms with E-state index in [4.69, 9.17) is 11.6 Å². The summed E-state index contributed by atoms with van der Waals surface area (Å²) in [6.45, 7) is 4.98. The van der Waals surface area contributed by atoms with E-state index >= 15 is 0 Å². The van der Waals surface area contributed by atoms with Gasteiger partial charge in [0.25, 0.3) is 0 Å². The van der Waals surface area contributed by atoms with Gasteiger partial charge in [-0.2, -0.15) is 0 Å². The molecule has 1 fully saturated rings. The van der Waals surface area contributed by atoms with Crippen molar-refractivity contribution in [2.24, 2.45) is 5.92 Å². The number of nitrogens with zero attached hydrogens (tertiary/aromatic N) is 1. The van der Waals surface area contributed by atoms with Gasteiger partial charge in [0.15, 0.2) is 0 Å². The van der Waals surface area contributed by atoms with Crippen LogP contribution in [0.3, 0.4) is 0 Å². The normalized spacial score (nSPS) is 16.0. The molecule has 14 heavy (non-hydrogen) atoms. The van der Waals surface area contributed by atoms with E-state index in [2.05, 4.69) is 13.8 Å². The summed E-state index contributed by atoms with van der Waals surface area (Å²) < 4.78 is 0. The van der Waals surface area contributed by atoms with E-state index < -0.39 is 0 Å². The first-order valence-electron chi connectivity index (χ1n) is 5.61. The van der Waals surface area contributed by atoms with Crippen LogP contribution in [-0.2, 0) is 4.79 Å². The third-order valence-corrected chi connectivity index (χ3v) is 3.09. The van der Waals surface area contributed by atoms with Crippen molar-refractivity contribution in [3.05, 3.63) is 0 Å². The van der Waals surface area contributed by atoms with Crippen LogP contribution in [0.15, 0.2) is 0 Å². The minimum atomic E-state index is 0.318. The second-order valence-electron chi connectivity index (χ2n) is 3.97. The Labute approximate surface area is 91.6 Å². The van der Waals surface area contributed by atoms with Gasteiger partial charge >= 0.3 is 0 Å². The van der Waals surface area contributed by atoms with Crippen molar-refractivity contribution in [3.63, 3.8) is 0 Å². The van der Waals surface area contributed by atoms with Crippen molar-refractivity contribution in [1.82, 2.24) is 4.90 Å². The molecule has 0 aromatic carbocycles. The topological polar surface area (TPSA) is 20.3 Å². The maximum Gasteiger partial charge on any atom is 0.225 e. The quantitative estimate of drug-likeness (QED) is 0.627. The molecule has 0 radical (unpaired) electrons. The van der Waals surface area contributed by atoms with Crippen molar-refractivity contribution in [2.45, 2.75) is 45.6 Å². The fourth-order valence-corrected chi connectivity index (χ4v) is 2.04. The van der Waals surface area contributed by atoms with Crippen LogP contribution in [0, 0.1) is 5.92 Å². The van der Waals surface area contributed by atoms with Gasteiger partial charge in [-0.1, -0.05) is 13.8 Å². The van der Waals surface area contributed by atoms with Crippen molar-refractivity contribution >= 4 is 17.5 Å². The summed E-state index contributed by atoms with van der Waals surface area (Å²) in [5, 5.41) is 0. The van der Waals surface area contributed by atoms with Crippen molar-refractivity contribution < 1.29 is 4.79 Å². The molecule has 1 saturated carbocycles. The van der Waals surface area contributed by atoms with E-state index in [9.17, 15) is 4.79 Å². The van der Waals surface area contributed by atoms with E-state index in [1.54, 1.807) is 0 Å². The first-order valence-corrected chi connectivity index (χ1v) is 6.14. The Hall–Kier alpha value is -0.240. The Balaban J connectivity index is 2.55. The van der Waals surface area contributed by atoms with Gasteiger partial charge < -0.3 is 4.90 Å². The highest BCUT2D eigenvalue weighted by molar-refractivity contribution is 6.18. The van der Waals surface area contributed by atoms with Crippen molar-refractivity contribution in [2.75, 3.05) is 12.4 Å². The number of carbonyl (C=O) groups excluding carboxylic acids is 1. The van der Waals surface area contributed by atoms with Gasteiger partial charge in [-0.25, -0.2) is 0 Å². The molecule has 3 heteroatoms. The fraction of sp³-hybridized carbons (Fsp3) is 0.909. The maximum absolute atomic E-state index is 11.9. The SMILES string of the molecule is CCC(CC)N(CCCl)C(=O)C1CC1. The third kappa shape index (κ3) is 2.88. The van der Waals surface area contributed by atoms with E-state index in [0.717, 1.165) is 25.7 Å². The molecular weight excluding hydrogens is 198 g/mol. The molecule has 0 aromatic rings. The van der Waals surface area contributed by atoms with Gasteiger partial charge in [0, 0.05) is 24.4 Å². The number of amides is 1. The Morgan fingerprint density at radius 2 is 2.00 bits per heavy atom. The van der Waals surface area contributed by atoms with Crippen LogP contribution < -0.4 is 0 Å². The lowest BCUT2D eigenvalue weighted by Crippen LogP contribution is -2.41. The second-order valence-corrected chi connectivity index (χ2v) is 4.34. The maximum atomic E-state index is 11.9. The molecule has 1 amide bonds. The Morgan fingerprint density at radius 3 is 2.36 bits per heavy atom. The van der Waals surface area contributed by atoms with E-state index in [-0.39, 0.29) is 0 Å². The summed E-state index contributed by atoms with van der Waals surface area (Å²) in [6, 6.07) is 0.391. The molecule has 0 aromatic heterocycles. The first kappa shape index (κ1) is 11.8. The molecule has 0 bridgehead atoms. The molecule has 0 N–H and O–H groups in total. The van der Waals surface area contributed by atoms with Crippen LogP contribution in [0.5, 0.6) is 0 Å². The number of hydrogen-bond acceptors (Lipinski definition) is 1. The highest BCUT2D eigenvalue weighted by Crippen LogP contribution is 2.32. The number of rotatable bonds is 6. The molecule has 0 saturated heterocycles. The fourth-order valence-electron chi connectivity index (χ4n) is 1.86. The largest absolute Gasteiger partial charge is 0.338 e. The predicted octanol–water partition coefficient (Wildman–Crippen LogP) is 2.65. The summed E-state index contributed by atoms with van der Waals surface area (Å²) in [7, 11) is 0. The molecule has 0 unspecified atom stereocenters. The minimum absolute atomic E-state index is 0.318. The van der Waals surface area contributed by atoms with Gasteiger partial charge in [0.1, 0.15) is 0 Å². The zero-order valence-corrected chi connectivity index (χ0v) is 9.89. The Morgan fingerprint density at radius 1 is 1.43 bits per heavy atom. The lowest BCUT2D eigenvalue weighted by molar-refractivity contribution is -0.134. The van der Waals surface area contributed by atoms with Crippen LogP contribution in [0.2, 0.25) is 0 Å². The molecule has 0 aliphatic heterocycles. The van der Waals surface area contributed by atoms with Crippen molar-refractivity contribution in [1.29, 1.82) is 0 Å². The van der Waals surface area contributed by atoms with E-state index in [0.29, 0.717) is 30.3 Å². The summed E-state index contributed by atoms with van der Waals surface area (Å²) in [4.78, 5) is 13.9. The standard InChI is InChI=1S/C11H20ClNO/c1-3-10(4-2)13(8-7-12)11(14)9-5-6-9/h9-10H,3-8H2,1-2H3. The van der Waals surface area contributed by atoms with Gasteiger partial charge in [0.05, 0.1) is 0 Å². The third-order valence-electron chi connectivity index (χ3n) is 2.92. The molecule has 82 valence electrons. The van der Waals surface area contributed by atoms with Gasteiger partial charge in [0.2, 0.25) is 5.91 Å². The summed E-state index contributed by atoms with van der Waals surface area (Å²) in [6.07, 6.45) is 4.23. The predicted molar refractivity (Wildman–Crippen MR) is 59.5 cm³/mol. The van der Waals surface area contributed by atoms with Crippen LogP contribution in [-0.4, -0.2) is 29.3 Å². The van der Waals surface area contributed by atoms with Gasteiger partial charge in [-0.15, -0.1) is 11.6 Å². The molecular formula is C11H20ClNO. The smallest absolute Gasteiger partial charge is 0.225 e. The lowest BCUT2D eigenvalue weighted by Gasteiger charge is -2.30. The number of halogens is 1. The lowest BCUT2D eigenvalue weighted by atomic mass is 10.1. The molecule has 0 atom stereocenters. The van der Waals surface area contributed by atoms with Gasteiger partial charge in [-0.3, -0.25) is 4.79 Å². The second kappa shape index (κ2) is 5.59. The van der Waals surface area contributed by atoms with Crippen LogP contribution >= 0.6 is 11.6 Å². The van der Waals surface area contributed by atoms with Crippen LogP contribution in [0.25, 0.3) is 0 Å². The zero-order chi connectivity index (χ0) is 10.6. The van der Waals surface area contributed by atoms with E-state index in [1.807, 2.05) is 4.90 Å². The number of alkyl halides is 1. The molecule has 1 aliphatic rings. The first-order chi connectivity index (χ1) is 6.74. The average Bonchev–Trinajstić information content (AvgIpc) is 3.00. The molecule has 2 nitrogen and oxygen atoms in total. The number of carbonyl (C=O) groups is 1. The molecule has 0 spiro atoms. The average molecular weight is 218 g/mol. The number of hydrogen-bond donors (Lipinski definition) is 0. The van der Waals surface area contributed by atoms with Crippen molar-refractivity contribution in [3.8, 4) is 0 Å². The summed E-state index contributed by atoms with van der Waals surface area (Å²) in [5.74, 6) is 1.20.